The van der Waals surface area contributed by atoms with E-state index < -0.39 is 6.10 Å². The molecule has 0 saturated carbocycles. The van der Waals surface area contributed by atoms with Crippen LogP contribution in [0.5, 0.6) is 5.75 Å². The molecule has 2 aromatic rings. The highest BCUT2D eigenvalue weighted by molar-refractivity contribution is 5.89. The zero-order chi connectivity index (χ0) is 11.5. The Morgan fingerprint density at radius 2 is 1.88 bits per heavy atom. The van der Waals surface area contributed by atoms with Crippen LogP contribution >= 0.6 is 0 Å². The lowest BCUT2D eigenvalue weighted by atomic mass is 10.1. The van der Waals surface area contributed by atoms with E-state index in [2.05, 4.69) is 0 Å². The summed E-state index contributed by atoms with van der Waals surface area (Å²) in [6, 6.07) is 13.8. The molecule has 0 fully saturated rings. The maximum Gasteiger partial charge on any atom is 0.152 e. The van der Waals surface area contributed by atoms with E-state index in [0.29, 0.717) is 0 Å². The van der Waals surface area contributed by atoms with Crippen LogP contribution in [0.3, 0.4) is 0 Å². The van der Waals surface area contributed by atoms with Gasteiger partial charge in [0, 0.05) is 5.39 Å². The molecule has 0 aromatic heterocycles. The third kappa shape index (κ3) is 1.98. The van der Waals surface area contributed by atoms with Gasteiger partial charge in [-0.2, -0.15) is 0 Å². The Kier molecular flexibility index (Phi) is 2.77. The van der Waals surface area contributed by atoms with Crippen molar-refractivity contribution in [3.8, 4) is 5.75 Å². The van der Waals surface area contributed by atoms with Crippen molar-refractivity contribution in [3.05, 3.63) is 42.5 Å². The molecule has 0 radical (unpaired) electrons. The number of ether oxygens (including phenoxy) is 1. The molecule has 3 nitrogen and oxygen atoms in total. The molecule has 0 bridgehead atoms. The number of nitrogens with one attached hydrogen (secondary N) is 1. The highest BCUT2D eigenvalue weighted by atomic mass is 16.5. The summed E-state index contributed by atoms with van der Waals surface area (Å²) in [5.74, 6) is 0.800. The first-order valence-corrected chi connectivity index (χ1v) is 5.17. The third-order valence-electron chi connectivity index (χ3n) is 2.49. The van der Waals surface area contributed by atoms with E-state index >= 15 is 0 Å². The van der Waals surface area contributed by atoms with Crippen LogP contribution in [0, 0.1) is 5.41 Å². The summed E-state index contributed by atoms with van der Waals surface area (Å²) >= 11 is 0. The predicted octanol–water partition coefficient (Wildman–Crippen LogP) is 2.54. The average Bonchev–Trinajstić information content (AvgIpc) is 2.29. The fourth-order valence-electron chi connectivity index (χ4n) is 1.55. The number of fused-ring (bicyclic) bond motifs is 1. The first kappa shape index (κ1) is 10.5. The molecule has 2 rings (SSSR count). The van der Waals surface area contributed by atoms with E-state index in [0.717, 1.165) is 16.5 Å². The molecule has 82 valence electrons. The summed E-state index contributed by atoms with van der Waals surface area (Å²) < 4.78 is 5.64. The topological polar surface area (TPSA) is 59.1 Å². The molecule has 1 unspecified atom stereocenters. The molecular formula is C13H14N2O. The fraction of sp³-hybridized carbons (Fsp3) is 0.154. The zero-order valence-corrected chi connectivity index (χ0v) is 9.10. The molecule has 0 heterocycles. The molecule has 3 heteroatoms. The Balaban J connectivity index is 2.41. The highest BCUT2D eigenvalue weighted by Crippen LogP contribution is 2.25. The van der Waals surface area contributed by atoms with Gasteiger partial charge in [0.25, 0.3) is 0 Å². The minimum Gasteiger partial charge on any atom is -0.482 e. The molecule has 0 aliphatic carbocycles. The van der Waals surface area contributed by atoms with Crippen molar-refractivity contribution in [1.82, 2.24) is 0 Å². The van der Waals surface area contributed by atoms with Crippen LogP contribution in [0.25, 0.3) is 10.8 Å². The Bertz CT molecular complexity index is 517. The minimum atomic E-state index is -0.397. The third-order valence-corrected chi connectivity index (χ3v) is 2.49. The molecule has 0 aliphatic rings. The van der Waals surface area contributed by atoms with Crippen molar-refractivity contribution in [2.45, 2.75) is 13.0 Å². The van der Waals surface area contributed by atoms with E-state index in [1.54, 1.807) is 6.92 Å². The smallest absolute Gasteiger partial charge is 0.152 e. The number of benzene rings is 2. The Morgan fingerprint density at radius 1 is 1.19 bits per heavy atom. The van der Waals surface area contributed by atoms with Gasteiger partial charge in [-0.15, -0.1) is 0 Å². The van der Waals surface area contributed by atoms with Gasteiger partial charge < -0.3 is 10.5 Å². The van der Waals surface area contributed by atoms with Crippen molar-refractivity contribution in [1.29, 1.82) is 5.41 Å². The van der Waals surface area contributed by atoms with Gasteiger partial charge in [0.15, 0.2) is 6.10 Å². The van der Waals surface area contributed by atoms with Crippen LogP contribution in [0.15, 0.2) is 42.5 Å². The maximum atomic E-state index is 7.31. The normalized spacial score (nSPS) is 12.3. The number of hydrogen-bond donors (Lipinski definition) is 2. The van der Waals surface area contributed by atoms with Gasteiger partial charge in [-0.05, 0) is 18.4 Å². The lowest BCUT2D eigenvalue weighted by Crippen LogP contribution is -2.30. The van der Waals surface area contributed by atoms with E-state index in [9.17, 15) is 0 Å². The molecule has 0 amide bonds. The number of hydrogen-bond acceptors (Lipinski definition) is 2. The van der Waals surface area contributed by atoms with Gasteiger partial charge in [0.1, 0.15) is 11.6 Å². The molecule has 0 spiro atoms. The largest absolute Gasteiger partial charge is 0.482 e. The standard InChI is InChI=1S/C13H14N2O/c1-9(13(14)15)16-12-8-4-6-10-5-2-3-7-11(10)12/h2-9H,1H3,(H3,14,15). The van der Waals surface area contributed by atoms with Crippen molar-refractivity contribution in [3.63, 3.8) is 0 Å². The molecule has 1 atom stereocenters. The zero-order valence-electron chi connectivity index (χ0n) is 9.10. The van der Waals surface area contributed by atoms with Crippen LogP contribution in [0.2, 0.25) is 0 Å². The summed E-state index contributed by atoms with van der Waals surface area (Å²) in [7, 11) is 0. The summed E-state index contributed by atoms with van der Waals surface area (Å²) in [4.78, 5) is 0. The number of rotatable bonds is 3. The van der Waals surface area contributed by atoms with E-state index in [1.165, 1.54) is 0 Å². The Hall–Kier alpha value is -2.03. The van der Waals surface area contributed by atoms with Crippen LogP contribution in [-0.2, 0) is 0 Å². The second kappa shape index (κ2) is 4.23. The van der Waals surface area contributed by atoms with Crippen molar-refractivity contribution in [2.75, 3.05) is 0 Å². The van der Waals surface area contributed by atoms with Gasteiger partial charge >= 0.3 is 0 Å². The summed E-state index contributed by atoms with van der Waals surface area (Å²) in [5, 5.41) is 9.47. The highest BCUT2D eigenvalue weighted by Gasteiger charge is 2.08. The maximum absolute atomic E-state index is 7.31. The lowest BCUT2D eigenvalue weighted by Gasteiger charge is -2.14. The SMILES string of the molecule is CC(Oc1cccc2ccccc12)C(=N)N. The lowest BCUT2D eigenvalue weighted by molar-refractivity contribution is 0.288. The Labute approximate surface area is 94.3 Å². The number of amidine groups is 1. The van der Waals surface area contributed by atoms with Gasteiger partial charge in [-0.1, -0.05) is 36.4 Å². The monoisotopic (exact) mass is 214 g/mol. The van der Waals surface area contributed by atoms with Crippen LogP contribution in [0.4, 0.5) is 0 Å². The number of nitrogens with two attached hydrogens (primary N) is 1. The first-order valence-electron chi connectivity index (χ1n) is 5.17. The fourth-order valence-corrected chi connectivity index (χ4v) is 1.55. The molecule has 0 aliphatic heterocycles. The Morgan fingerprint density at radius 3 is 2.62 bits per heavy atom. The minimum absolute atomic E-state index is 0.0351. The second-order valence-corrected chi connectivity index (χ2v) is 3.69. The van der Waals surface area contributed by atoms with E-state index in [1.807, 2.05) is 42.5 Å². The molecule has 3 N–H and O–H groups in total. The van der Waals surface area contributed by atoms with Crippen LogP contribution in [-0.4, -0.2) is 11.9 Å². The van der Waals surface area contributed by atoms with Crippen LogP contribution < -0.4 is 10.5 Å². The van der Waals surface area contributed by atoms with Crippen LogP contribution in [0.1, 0.15) is 6.92 Å². The quantitative estimate of drug-likeness (QED) is 0.609. The van der Waals surface area contributed by atoms with Gasteiger partial charge in [-0.25, -0.2) is 0 Å². The van der Waals surface area contributed by atoms with Gasteiger partial charge in [-0.3, -0.25) is 5.41 Å². The molecule has 2 aromatic carbocycles. The van der Waals surface area contributed by atoms with Gasteiger partial charge in [0.2, 0.25) is 0 Å². The molecular weight excluding hydrogens is 200 g/mol. The van der Waals surface area contributed by atoms with Crippen molar-refractivity contribution in [2.24, 2.45) is 5.73 Å². The second-order valence-electron chi connectivity index (χ2n) is 3.69. The van der Waals surface area contributed by atoms with Crippen molar-refractivity contribution < 1.29 is 4.74 Å². The molecule has 16 heavy (non-hydrogen) atoms. The van der Waals surface area contributed by atoms with E-state index in [-0.39, 0.29) is 5.84 Å². The van der Waals surface area contributed by atoms with Crippen molar-refractivity contribution >= 4 is 16.6 Å². The average molecular weight is 214 g/mol. The molecule has 0 saturated heterocycles. The first-order chi connectivity index (χ1) is 7.68. The summed E-state index contributed by atoms with van der Waals surface area (Å²) in [5.41, 5.74) is 5.39. The predicted molar refractivity (Wildman–Crippen MR) is 66.0 cm³/mol. The van der Waals surface area contributed by atoms with Gasteiger partial charge in [0.05, 0.1) is 0 Å². The summed E-state index contributed by atoms with van der Waals surface area (Å²) in [6.07, 6.45) is -0.397. The van der Waals surface area contributed by atoms with E-state index in [4.69, 9.17) is 15.9 Å². The summed E-state index contributed by atoms with van der Waals surface area (Å²) in [6.45, 7) is 1.77.